The Morgan fingerprint density at radius 2 is 2.00 bits per heavy atom. The Labute approximate surface area is 170 Å². The zero-order valence-electron chi connectivity index (χ0n) is 14.7. The van der Waals surface area contributed by atoms with E-state index in [0.29, 0.717) is 15.7 Å². The summed E-state index contributed by atoms with van der Waals surface area (Å²) in [5, 5.41) is 14.4. The molecule has 1 atom stereocenters. The fourth-order valence-electron chi connectivity index (χ4n) is 2.42. The average Bonchev–Trinajstić information content (AvgIpc) is 3.23. The number of nitrogens with one attached hydrogen (secondary N) is 1. The van der Waals surface area contributed by atoms with Crippen molar-refractivity contribution in [2.75, 3.05) is 6.61 Å². The first-order valence-electron chi connectivity index (χ1n) is 8.19. The van der Waals surface area contributed by atoms with E-state index in [-0.39, 0.29) is 11.6 Å². The molecule has 0 aliphatic carbocycles. The number of hydrogen-bond donors (Lipinski definition) is 1. The number of aromatic nitrogens is 4. The third-order valence-corrected chi connectivity index (χ3v) is 4.59. The van der Waals surface area contributed by atoms with E-state index in [1.807, 2.05) is 0 Å². The van der Waals surface area contributed by atoms with Gasteiger partial charge in [-0.15, -0.1) is 5.10 Å². The summed E-state index contributed by atoms with van der Waals surface area (Å²) in [4.78, 5) is 24.3. The van der Waals surface area contributed by atoms with E-state index in [2.05, 4.69) is 20.8 Å². The van der Waals surface area contributed by atoms with Crippen LogP contribution in [0.2, 0.25) is 10.0 Å². The first-order chi connectivity index (χ1) is 13.4. The van der Waals surface area contributed by atoms with Crippen LogP contribution in [0.1, 0.15) is 28.9 Å². The van der Waals surface area contributed by atoms with Crippen molar-refractivity contribution in [2.45, 2.75) is 13.0 Å². The molecule has 10 heteroatoms. The largest absolute Gasteiger partial charge is 0.452 e. The SMILES string of the molecule is C[C@@H](NC(=O)COC(=O)c1cccc(-n2cnnn2)c1)c1ccc(Cl)c(Cl)c1. The summed E-state index contributed by atoms with van der Waals surface area (Å²) in [6.07, 6.45) is 1.41. The molecule has 1 N–H and O–H groups in total. The van der Waals surface area contributed by atoms with Gasteiger partial charge in [-0.1, -0.05) is 35.3 Å². The van der Waals surface area contributed by atoms with Crippen LogP contribution < -0.4 is 5.32 Å². The van der Waals surface area contributed by atoms with Crippen LogP contribution in [0.5, 0.6) is 0 Å². The van der Waals surface area contributed by atoms with Crippen molar-refractivity contribution >= 4 is 35.1 Å². The van der Waals surface area contributed by atoms with E-state index in [1.54, 1.807) is 49.4 Å². The topological polar surface area (TPSA) is 99.0 Å². The summed E-state index contributed by atoms with van der Waals surface area (Å²) in [6, 6.07) is 11.3. The van der Waals surface area contributed by atoms with E-state index in [1.165, 1.54) is 11.0 Å². The molecule has 0 fully saturated rings. The van der Waals surface area contributed by atoms with Crippen LogP contribution in [-0.4, -0.2) is 38.7 Å². The summed E-state index contributed by atoms with van der Waals surface area (Å²) >= 11 is 11.9. The fourth-order valence-corrected chi connectivity index (χ4v) is 2.72. The molecule has 0 bridgehead atoms. The Morgan fingerprint density at radius 1 is 1.18 bits per heavy atom. The highest BCUT2D eigenvalue weighted by Gasteiger charge is 2.14. The molecule has 2 aromatic carbocycles. The maximum atomic E-state index is 12.2. The van der Waals surface area contributed by atoms with Crippen molar-refractivity contribution in [1.29, 1.82) is 0 Å². The van der Waals surface area contributed by atoms with E-state index in [9.17, 15) is 9.59 Å². The highest BCUT2D eigenvalue weighted by Crippen LogP contribution is 2.25. The Hall–Kier alpha value is -2.97. The van der Waals surface area contributed by atoms with Gasteiger partial charge in [-0.3, -0.25) is 4.79 Å². The van der Waals surface area contributed by atoms with Crippen LogP contribution in [0.4, 0.5) is 0 Å². The van der Waals surface area contributed by atoms with E-state index in [0.717, 1.165) is 5.56 Å². The molecule has 0 aliphatic heterocycles. The van der Waals surface area contributed by atoms with Gasteiger partial charge in [0.1, 0.15) is 6.33 Å². The normalized spacial score (nSPS) is 11.7. The third kappa shape index (κ3) is 4.85. The van der Waals surface area contributed by atoms with Crippen LogP contribution >= 0.6 is 23.2 Å². The number of carbonyl (C=O) groups is 2. The summed E-state index contributed by atoms with van der Waals surface area (Å²) in [5.41, 5.74) is 1.65. The van der Waals surface area contributed by atoms with Crippen molar-refractivity contribution in [3.8, 4) is 5.69 Å². The number of rotatable bonds is 6. The number of esters is 1. The van der Waals surface area contributed by atoms with Gasteiger partial charge in [0.05, 0.1) is 27.3 Å². The second kappa shape index (κ2) is 8.81. The van der Waals surface area contributed by atoms with Crippen molar-refractivity contribution in [1.82, 2.24) is 25.5 Å². The maximum Gasteiger partial charge on any atom is 0.338 e. The van der Waals surface area contributed by atoms with Gasteiger partial charge in [-0.05, 0) is 53.2 Å². The monoisotopic (exact) mass is 419 g/mol. The molecule has 144 valence electrons. The van der Waals surface area contributed by atoms with Gasteiger partial charge in [0.25, 0.3) is 5.91 Å². The molecule has 3 rings (SSSR count). The van der Waals surface area contributed by atoms with Crippen molar-refractivity contribution in [2.24, 2.45) is 0 Å². The molecule has 0 unspecified atom stereocenters. The summed E-state index contributed by atoms with van der Waals surface area (Å²) < 4.78 is 6.49. The van der Waals surface area contributed by atoms with Crippen molar-refractivity contribution in [3.05, 3.63) is 70.0 Å². The van der Waals surface area contributed by atoms with E-state index in [4.69, 9.17) is 27.9 Å². The van der Waals surface area contributed by atoms with E-state index >= 15 is 0 Å². The number of tetrazole rings is 1. The lowest BCUT2D eigenvalue weighted by Crippen LogP contribution is -2.31. The Kier molecular flexibility index (Phi) is 6.23. The first kappa shape index (κ1) is 19.8. The number of ether oxygens (including phenoxy) is 1. The standard InChI is InChI=1S/C18H15Cl2N5O3/c1-11(12-5-6-15(19)16(20)8-12)22-17(26)9-28-18(27)13-3-2-4-14(7-13)25-10-21-23-24-25/h2-8,10-11H,9H2,1H3,(H,22,26)/t11-/m1/s1. The number of nitrogens with zero attached hydrogens (tertiary/aromatic N) is 4. The molecule has 0 radical (unpaired) electrons. The maximum absolute atomic E-state index is 12.2. The van der Waals surface area contributed by atoms with Crippen LogP contribution in [0.3, 0.4) is 0 Å². The van der Waals surface area contributed by atoms with Gasteiger partial charge in [0.2, 0.25) is 0 Å². The number of benzene rings is 2. The number of hydrogen-bond acceptors (Lipinski definition) is 6. The number of halogens is 2. The lowest BCUT2D eigenvalue weighted by Gasteiger charge is -2.15. The van der Waals surface area contributed by atoms with Crippen LogP contribution in [0.15, 0.2) is 48.8 Å². The molecule has 0 saturated carbocycles. The Bertz CT molecular complexity index is 995. The first-order valence-corrected chi connectivity index (χ1v) is 8.94. The highest BCUT2D eigenvalue weighted by molar-refractivity contribution is 6.42. The molecular formula is C18H15Cl2N5O3. The molecular weight excluding hydrogens is 405 g/mol. The predicted molar refractivity (Wildman–Crippen MR) is 102 cm³/mol. The average molecular weight is 420 g/mol. The van der Waals surface area contributed by atoms with Gasteiger partial charge >= 0.3 is 5.97 Å². The second-order valence-corrected chi connectivity index (χ2v) is 6.66. The fraction of sp³-hybridized carbons (Fsp3) is 0.167. The highest BCUT2D eigenvalue weighted by atomic mass is 35.5. The Balaban J connectivity index is 1.56. The van der Waals surface area contributed by atoms with Gasteiger partial charge in [-0.25, -0.2) is 9.48 Å². The quantitative estimate of drug-likeness (QED) is 0.616. The minimum absolute atomic E-state index is 0.276. The molecule has 8 nitrogen and oxygen atoms in total. The third-order valence-electron chi connectivity index (χ3n) is 3.85. The summed E-state index contributed by atoms with van der Waals surface area (Å²) in [5.74, 6) is -1.07. The Morgan fingerprint density at radius 3 is 2.71 bits per heavy atom. The smallest absolute Gasteiger partial charge is 0.338 e. The minimum Gasteiger partial charge on any atom is -0.452 e. The van der Waals surface area contributed by atoms with Crippen LogP contribution in [0.25, 0.3) is 5.69 Å². The van der Waals surface area contributed by atoms with Crippen LogP contribution in [0, 0.1) is 0 Å². The molecule has 0 spiro atoms. The molecule has 28 heavy (non-hydrogen) atoms. The lowest BCUT2D eigenvalue weighted by molar-refractivity contribution is -0.124. The van der Waals surface area contributed by atoms with Gasteiger partial charge in [0, 0.05) is 0 Å². The van der Waals surface area contributed by atoms with Crippen molar-refractivity contribution in [3.63, 3.8) is 0 Å². The molecule has 1 heterocycles. The number of carbonyl (C=O) groups excluding carboxylic acids is 2. The van der Waals surface area contributed by atoms with Gasteiger partial charge < -0.3 is 10.1 Å². The van der Waals surface area contributed by atoms with Crippen molar-refractivity contribution < 1.29 is 14.3 Å². The lowest BCUT2D eigenvalue weighted by atomic mass is 10.1. The molecule has 1 aromatic heterocycles. The second-order valence-electron chi connectivity index (χ2n) is 5.84. The molecule has 1 amide bonds. The zero-order valence-corrected chi connectivity index (χ0v) is 16.2. The molecule has 0 saturated heterocycles. The van der Waals surface area contributed by atoms with E-state index < -0.39 is 18.5 Å². The van der Waals surface area contributed by atoms with Crippen LogP contribution in [-0.2, 0) is 9.53 Å². The predicted octanol–water partition coefficient (Wildman–Crippen LogP) is 3.00. The molecule has 0 aliphatic rings. The molecule has 3 aromatic rings. The minimum atomic E-state index is -0.632. The summed E-state index contributed by atoms with van der Waals surface area (Å²) in [6.45, 7) is 1.37. The zero-order chi connectivity index (χ0) is 20.1. The number of amides is 1. The van der Waals surface area contributed by atoms with Gasteiger partial charge in [-0.2, -0.15) is 0 Å². The van der Waals surface area contributed by atoms with Gasteiger partial charge in [0.15, 0.2) is 6.61 Å². The summed E-state index contributed by atoms with van der Waals surface area (Å²) in [7, 11) is 0.